The quantitative estimate of drug-likeness (QED) is 0.830. The maximum absolute atomic E-state index is 12.6. The summed E-state index contributed by atoms with van der Waals surface area (Å²) in [5.41, 5.74) is 5.12. The number of nitrogens with zero attached hydrogens (tertiary/aromatic N) is 1. The van der Waals surface area contributed by atoms with E-state index in [-0.39, 0.29) is 30.1 Å². The molecule has 3 N–H and O–H groups in total. The van der Waals surface area contributed by atoms with Crippen LogP contribution < -0.4 is 11.1 Å². The van der Waals surface area contributed by atoms with E-state index in [9.17, 15) is 9.59 Å². The Morgan fingerprint density at radius 2 is 1.74 bits per heavy atom. The molecule has 1 aliphatic rings. The van der Waals surface area contributed by atoms with Crippen molar-refractivity contribution in [1.82, 2.24) is 10.2 Å². The molecule has 0 radical (unpaired) electrons. The van der Waals surface area contributed by atoms with Gasteiger partial charge >= 0.3 is 6.09 Å². The third-order valence-corrected chi connectivity index (χ3v) is 3.99. The number of hydrogen-bond acceptors (Lipinski definition) is 4. The van der Waals surface area contributed by atoms with Crippen molar-refractivity contribution in [1.29, 1.82) is 0 Å². The van der Waals surface area contributed by atoms with Gasteiger partial charge in [-0.05, 0) is 54.4 Å². The topological polar surface area (TPSA) is 84.7 Å². The Hall–Kier alpha value is -1.30. The van der Waals surface area contributed by atoms with Crippen LogP contribution in [0, 0.1) is 0 Å². The molecule has 0 aromatic rings. The van der Waals surface area contributed by atoms with E-state index in [1.165, 1.54) is 0 Å². The highest BCUT2D eigenvalue weighted by molar-refractivity contribution is 5.81. The van der Waals surface area contributed by atoms with Crippen LogP contribution in [-0.2, 0) is 9.53 Å². The van der Waals surface area contributed by atoms with E-state index in [4.69, 9.17) is 10.5 Å². The number of carbonyl (C=O) groups excluding carboxylic acids is 2. The summed E-state index contributed by atoms with van der Waals surface area (Å²) < 4.78 is 5.56. The van der Waals surface area contributed by atoms with Gasteiger partial charge in [-0.3, -0.25) is 4.79 Å². The Kier molecular flexibility index (Phi) is 6.86. The average molecular weight is 327 g/mol. The van der Waals surface area contributed by atoms with Crippen LogP contribution in [0.5, 0.6) is 0 Å². The lowest BCUT2D eigenvalue weighted by Gasteiger charge is -2.42. The molecule has 6 nitrogen and oxygen atoms in total. The third-order valence-electron chi connectivity index (χ3n) is 3.99. The molecule has 2 amide bonds. The Morgan fingerprint density at radius 3 is 2.22 bits per heavy atom. The molecule has 2 unspecified atom stereocenters. The van der Waals surface area contributed by atoms with Crippen molar-refractivity contribution in [3.05, 3.63) is 0 Å². The van der Waals surface area contributed by atoms with Crippen LogP contribution in [-0.4, -0.2) is 46.7 Å². The summed E-state index contributed by atoms with van der Waals surface area (Å²) in [4.78, 5) is 26.4. The summed E-state index contributed by atoms with van der Waals surface area (Å²) in [6.45, 7) is 11.2. The SMILES string of the molecule is CC(C)N(C(=O)OC(C)(C)C)C1CCCCC1NC(=O)[C@H](C)N. The predicted octanol–water partition coefficient (Wildman–Crippen LogP) is 2.41. The van der Waals surface area contributed by atoms with Crippen molar-refractivity contribution in [2.45, 2.75) is 97.0 Å². The first kappa shape index (κ1) is 19.7. The predicted molar refractivity (Wildman–Crippen MR) is 91.0 cm³/mol. The van der Waals surface area contributed by atoms with Gasteiger partial charge in [0.25, 0.3) is 0 Å². The lowest BCUT2D eigenvalue weighted by atomic mass is 9.88. The molecule has 0 aromatic carbocycles. The first-order valence-corrected chi connectivity index (χ1v) is 8.60. The van der Waals surface area contributed by atoms with Crippen LogP contribution in [0.1, 0.15) is 67.2 Å². The molecule has 6 heteroatoms. The van der Waals surface area contributed by atoms with E-state index in [0.29, 0.717) is 0 Å². The van der Waals surface area contributed by atoms with E-state index in [2.05, 4.69) is 5.32 Å². The van der Waals surface area contributed by atoms with E-state index in [1.54, 1.807) is 11.8 Å². The number of nitrogens with one attached hydrogen (secondary N) is 1. The summed E-state index contributed by atoms with van der Waals surface area (Å²) in [5.74, 6) is -0.171. The van der Waals surface area contributed by atoms with Gasteiger partial charge in [0.05, 0.1) is 12.1 Å². The summed E-state index contributed by atoms with van der Waals surface area (Å²) in [6, 6.07) is -0.673. The van der Waals surface area contributed by atoms with Gasteiger partial charge in [0.15, 0.2) is 0 Å². The van der Waals surface area contributed by atoms with Crippen LogP contribution in [0.15, 0.2) is 0 Å². The molecule has 3 atom stereocenters. The second-order valence-corrected chi connectivity index (χ2v) is 7.74. The van der Waals surface area contributed by atoms with E-state index >= 15 is 0 Å². The van der Waals surface area contributed by atoms with Gasteiger partial charge in [0.1, 0.15) is 5.60 Å². The summed E-state index contributed by atoms with van der Waals surface area (Å²) in [6.07, 6.45) is 3.48. The largest absolute Gasteiger partial charge is 0.444 e. The van der Waals surface area contributed by atoms with Gasteiger partial charge in [-0.25, -0.2) is 4.79 Å². The zero-order chi connectivity index (χ0) is 17.8. The smallest absolute Gasteiger partial charge is 0.410 e. The monoisotopic (exact) mass is 327 g/mol. The average Bonchev–Trinajstić information content (AvgIpc) is 2.38. The standard InChI is InChI=1S/C17H33N3O3/c1-11(2)20(16(22)23-17(4,5)6)14-10-8-7-9-13(14)19-15(21)12(3)18/h11-14H,7-10,18H2,1-6H3,(H,19,21)/t12-,13?,14?/m0/s1. The number of rotatable bonds is 4. The van der Waals surface area contributed by atoms with Crippen molar-refractivity contribution in [2.24, 2.45) is 5.73 Å². The van der Waals surface area contributed by atoms with Crippen molar-refractivity contribution < 1.29 is 14.3 Å². The van der Waals surface area contributed by atoms with Crippen molar-refractivity contribution in [3.8, 4) is 0 Å². The molecule has 1 aliphatic carbocycles. The van der Waals surface area contributed by atoms with Gasteiger partial charge in [0, 0.05) is 12.1 Å². The van der Waals surface area contributed by atoms with Crippen molar-refractivity contribution in [2.75, 3.05) is 0 Å². The number of carbonyl (C=O) groups is 2. The van der Waals surface area contributed by atoms with Crippen molar-refractivity contribution >= 4 is 12.0 Å². The fourth-order valence-corrected chi connectivity index (χ4v) is 2.97. The molecule has 1 saturated carbocycles. The fraction of sp³-hybridized carbons (Fsp3) is 0.882. The first-order valence-electron chi connectivity index (χ1n) is 8.60. The second-order valence-electron chi connectivity index (χ2n) is 7.74. The second kappa shape index (κ2) is 7.99. The maximum atomic E-state index is 12.6. The molecule has 134 valence electrons. The van der Waals surface area contributed by atoms with E-state index < -0.39 is 11.6 Å². The van der Waals surface area contributed by atoms with Gasteiger partial charge in [-0.2, -0.15) is 0 Å². The molecule has 0 saturated heterocycles. The molecule has 0 aromatic heterocycles. The zero-order valence-electron chi connectivity index (χ0n) is 15.4. The highest BCUT2D eigenvalue weighted by Crippen LogP contribution is 2.26. The van der Waals surface area contributed by atoms with Gasteiger partial charge in [-0.1, -0.05) is 12.8 Å². The molecule has 0 heterocycles. The molecule has 0 spiro atoms. The summed E-state index contributed by atoms with van der Waals surface area (Å²) >= 11 is 0. The molecule has 23 heavy (non-hydrogen) atoms. The van der Waals surface area contributed by atoms with Crippen LogP contribution in [0.2, 0.25) is 0 Å². The van der Waals surface area contributed by atoms with Crippen molar-refractivity contribution in [3.63, 3.8) is 0 Å². The lowest BCUT2D eigenvalue weighted by molar-refractivity contribution is -0.123. The van der Waals surface area contributed by atoms with Gasteiger partial charge in [-0.15, -0.1) is 0 Å². The summed E-state index contributed by atoms with van der Waals surface area (Å²) in [7, 11) is 0. The molecule has 1 fully saturated rings. The highest BCUT2D eigenvalue weighted by Gasteiger charge is 2.37. The number of ether oxygens (including phenoxy) is 1. The minimum atomic E-state index is -0.549. The molecular formula is C17H33N3O3. The number of amides is 2. The Morgan fingerprint density at radius 1 is 1.17 bits per heavy atom. The number of nitrogens with two attached hydrogens (primary N) is 1. The van der Waals surface area contributed by atoms with Crippen LogP contribution in [0.25, 0.3) is 0 Å². The van der Waals surface area contributed by atoms with E-state index in [0.717, 1.165) is 25.7 Å². The summed E-state index contributed by atoms with van der Waals surface area (Å²) in [5, 5.41) is 3.01. The molecule has 1 rings (SSSR count). The normalized spacial score (nSPS) is 23.3. The zero-order valence-corrected chi connectivity index (χ0v) is 15.4. The Balaban J connectivity index is 2.92. The molecule has 0 bridgehead atoms. The Bertz CT molecular complexity index is 416. The van der Waals surface area contributed by atoms with Gasteiger partial charge in [0.2, 0.25) is 5.91 Å². The van der Waals surface area contributed by atoms with Crippen LogP contribution in [0.4, 0.5) is 4.79 Å². The minimum Gasteiger partial charge on any atom is -0.444 e. The maximum Gasteiger partial charge on any atom is 0.410 e. The number of hydrogen-bond donors (Lipinski definition) is 2. The minimum absolute atomic E-state index is 0.00246. The molecular weight excluding hydrogens is 294 g/mol. The third kappa shape index (κ3) is 6.01. The van der Waals surface area contributed by atoms with E-state index in [1.807, 2.05) is 34.6 Å². The molecule has 0 aliphatic heterocycles. The Labute approximate surface area is 140 Å². The van der Waals surface area contributed by atoms with Crippen LogP contribution in [0.3, 0.4) is 0 Å². The van der Waals surface area contributed by atoms with Crippen LogP contribution >= 0.6 is 0 Å². The van der Waals surface area contributed by atoms with Gasteiger partial charge < -0.3 is 20.7 Å². The highest BCUT2D eigenvalue weighted by atomic mass is 16.6. The fourth-order valence-electron chi connectivity index (χ4n) is 2.97. The first-order chi connectivity index (χ1) is 10.5. The lowest BCUT2D eigenvalue weighted by Crippen LogP contribution is -2.59.